The Morgan fingerprint density at radius 1 is 1.07 bits per heavy atom. The van der Waals surface area contributed by atoms with Crippen molar-refractivity contribution < 1.29 is 0 Å². The topological polar surface area (TPSA) is 12.0 Å². The Morgan fingerprint density at radius 3 is 2.36 bits per heavy atom. The molecule has 2 fully saturated rings. The number of rotatable bonds is 13. The van der Waals surface area contributed by atoms with Gasteiger partial charge in [0.2, 0.25) is 0 Å². The van der Waals surface area contributed by atoms with E-state index in [1.807, 2.05) is 0 Å². The largest absolute Gasteiger partial charge is 0.386 e. The van der Waals surface area contributed by atoms with Gasteiger partial charge in [0.15, 0.2) is 0 Å². The highest BCUT2D eigenvalue weighted by Gasteiger charge is 2.54. The zero-order valence-corrected chi connectivity index (χ0v) is 19.9. The van der Waals surface area contributed by atoms with Crippen LogP contribution in [0, 0.1) is 40.9 Å². The summed E-state index contributed by atoms with van der Waals surface area (Å²) >= 11 is 0. The number of nitrogens with one attached hydrogen (secondary N) is 1. The fourth-order valence-electron chi connectivity index (χ4n) is 6.97. The highest BCUT2D eigenvalue weighted by Crippen LogP contribution is 2.62. The molecular formula is C27H49N. The molecule has 6 unspecified atom stereocenters. The average molecular weight is 388 g/mol. The van der Waals surface area contributed by atoms with Crippen LogP contribution in [-0.2, 0) is 0 Å². The Bertz CT molecular complexity index is 514. The summed E-state index contributed by atoms with van der Waals surface area (Å²) in [5, 5.41) is 3.88. The molecule has 0 amide bonds. The summed E-state index contributed by atoms with van der Waals surface area (Å²) in [6.07, 6.45) is 17.9. The van der Waals surface area contributed by atoms with E-state index in [9.17, 15) is 0 Å². The van der Waals surface area contributed by atoms with E-state index in [2.05, 4.69) is 52.9 Å². The van der Waals surface area contributed by atoms with E-state index in [1.54, 1.807) is 5.70 Å². The first-order chi connectivity index (χ1) is 13.4. The molecule has 3 aliphatic rings. The van der Waals surface area contributed by atoms with Gasteiger partial charge in [-0.2, -0.15) is 0 Å². The van der Waals surface area contributed by atoms with E-state index in [4.69, 9.17) is 0 Å². The number of hydrogen-bond acceptors (Lipinski definition) is 1. The molecule has 0 aliphatic heterocycles. The lowest BCUT2D eigenvalue weighted by Crippen LogP contribution is -2.37. The van der Waals surface area contributed by atoms with Crippen molar-refractivity contribution in [2.75, 3.05) is 0 Å². The lowest BCUT2D eigenvalue weighted by Gasteiger charge is -2.47. The van der Waals surface area contributed by atoms with Gasteiger partial charge in [-0.25, -0.2) is 0 Å². The summed E-state index contributed by atoms with van der Waals surface area (Å²) in [4.78, 5) is 0. The highest BCUT2D eigenvalue weighted by molar-refractivity contribution is 5.15. The Labute approximate surface area is 176 Å². The van der Waals surface area contributed by atoms with Crippen molar-refractivity contribution in [1.29, 1.82) is 0 Å². The molecule has 0 saturated heterocycles. The van der Waals surface area contributed by atoms with E-state index in [1.165, 1.54) is 70.6 Å². The lowest BCUT2D eigenvalue weighted by molar-refractivity contribution is 0.0467. The minimum Gasteiger partial charge on any atom is -0.386 e. The van der Waals surface area contributed by atoms with E-state index >= 15 is 0 Å². The highest BCUT2D eigenvalue weighted by atomic mass is 14.9. The monoisotopic (exact) mass is 387 g/mol. The molecule has 0 heterocycles. The van der Waals surface area contributed by atoms with Crippen molar-refractivity contribution in [3.8, 4) is 0 Å². The molecule has 28 heavy (non-hydrogen) atoms. The Morgan fingerprint density at radius 2 is 1.79 bits per heavy atom. The van der Waals surface area contributed by atoms with Gasteiger partial charge in [-0.05, 0) is 92.3 Å². The molecule has 0 aromatic carbocycles. The van der Waals surface area contributed by atoms with Crippen molar-refractivity contribution in [3.05, 3.63) is 11.8 Å². The molecule has 3 aliphatic carbocycles. The predicted molar refractivity (Wildman–Crippen MR) is 123 cm³/mol. The van der Waals surface area contributed by atoms with Crippen LogP contribution in [0.4, 0.5) is 0 Å². The standard InChI is InChI=1S/C27H49N/c1-7-11-22(28-23-14-20(9-3)15-23)13-12-21-16-27(6,17-21)18-25-24(10-4)26(25)19(5)8-2/h14,19-22,24-26,28H,7-13,15-18H2,1-6H3. The van der Waals surface area contributed by atoms with Crippen molar-refractivity contribution in [3.63, 3.8) is 0 Å². The number of allylic oxidation sites excluding steroid dienone is 2. The van der Waals surface area contributed by atoms with Gasteiger partial charge in [-0.1, -0.05) is 66.9 Å². The van der Waals surface area contributed by atoms with Crippen molar-refractivity contribution >= 4 is 0 Å². The molecule has 2 saturated carbocycles. The molecule has 162 valence electrons. The van der Waals surface area contributed by atoms with Crippen LogP contribution >= 0.6 is 0 Å². The van der Waals surface area contributed by atoms with Gasteiger partial charge in [-0.15, -0.1) is 0 Å². The first-order valence-electron chi connectivity index (χ1n) is 12.9. The summed E-state index contributed by atoms with van der Waals surface area (Å²) < 4.78 is 0. The third-order valence-corrected chi connectivity index (χ3v) is 8.86. The van der Waals surface area contributed by atoms with Gasteiger partial charge in [0.25, 0.3) is 0 Å². The molecule has 0 aromatic rings. The zero-order valence-electron chi connectivity index (χ0n) is 19.9. The van der Waals surface area contributed by atoms with E-state index in [0.29, 0.717) is 5.41 Å². The SMILES string of the molecule is CCCC(CCC1CC(C)(CC2C(CC)C2C(C)CC)C1)NC1=CC(CC)C1. The third-order valence-electron chi connectivity index (χ3n) is 8.86. The van der Waals surface area contributed by atoms with Crippen LogP contribution in [0.3, 0.4) is 0 Å². The van der Waals surface area contributed by atoms with E-state index in [-0.39, 0.29) is 0 Å². The third kappa shape index (κ3) is 5.17. The second-order valence-corrected chi connectivity index (χ2v) is 11.3. The minimum absolute atomic E-state index is 0.670. The smallest absolute Gasteiger partial charge is 0.0258 e. The average Bonchev–Trinajstić information content (AvgIpc) is 3.31. The van der Waals surface area contributed by atoms with Crippen molar-refractivity contribution in [2.24, 2.45) is 40.9 Å². The van der Waals surface area contributed by atoms with Gasteiger partial charge >= 0.3 is 0 Å². The van der Waals surface area contributed by atoms with Gasteiger partial charge in [0, 0.05) is 11.7 Å². The summed E-state index contributed by atoms with van der Waals surface area (Å²) in [5.74, 6) is 5.95. The molecule has 0 spiro atoms. The molecule has 0 radical (unpaired) electrons. The van der Waals surface area contributed by atoms with Gasteiger partial charge < -0.3 is 5.32 Å². The Hall–Kier alpha value is -0.460. The van der Waals surface area contributed by atoms with Crippen molar-refractivity contribution in [1.82, 2.24) is 5.32 Å². The van der Waals surface area contributed by atoms with Gasteiger partial charge in [0.1, 0.15) is 0 Å². The lowest BCUT2D eigenvalue weighted by atomic mass is 9.59. The zero-order chi connectivity index (χ0) is 20.3. The summed E-state index contributed by atoms with van der Waals surface area (Å²) in [6.45, 7) is 14.6. The van der Waals surface area contributed by atoms with Gasteiger partial charge in [0.05, 0.1) is 0 Å². The first kappa shape index (κ1) is 22.2. The summed E-state index contributed by atoms with van der Waals surface area (Å²) in [7, 11) is 0. The quantitative estimate of drug-likeness (QED) is 0.338. The Balaban J connectivity index is 1.38. The molecule has 0 bridgehead atoms. The summed E-state index contributed by atoms with van der Waals surface area (Å²) in [6, 6.07) is 0.726. The van der Waals surface area contributed by atoms with Crippen molar-refractivity contribution in [2.45, 2.75) is 118 Å². The first-order valence-corrected chi connectivity index (χ1v) is 12.9. The van der Waals surface area contributed by atoms with Crippen LogP contribution in [0.25, 0.3) is 0 Å². The van der Waals surface area contributed by atoms with E-state index in [0.717, 1.165) is 41.5 Å². The molecular weight excluding hydrogens is 338 g/mol. The van der Waals surface area contributed by atoms with E-state index < -0.39 is 0 Å². The maximum Gasteiger partial charge on any atom is 0.0258 e. The number of hydrogen-bond donors (Lipinski definition) is 1. The molecule has 1 nitrogen and oxygen atoms in total. The molecule has 6 atom stereocenters. The van der Waals surface area contributed by atoms with Crippen LogP contribution in [-0.4, -0.2) is 6.04 Å². The van der Waals surface area contributed by atoms with Crippen LogP contribution in [0.15, 0.2) is 11.8 Å². The Kier molecular flexibility index (Phi) is 7.60. The van der Waals surface area contributed by atoms with Crippen LogP contribution < -0.4 is 5.32 Å². The minimum atomic E-state index is 0.670. The molecule has 1 heteroatoms. The maximum atomic E-state index is 3.88. The fraction of sp³-hybridized carbons (Fsp3) is 0.926. The second kappa shape index (κ2) is 9.57. The van der Waals surface area contributed by atoms with Gasteiger partial charge in [-0.3, -0.25) is 0 Å². The molecule has 3 rings (SSSR count). The second-order valence-electron chi connectivity index (χ2n) is 11.3. The normalized spacial score (nSPS) is 38.8. The summed E-state index contributed by atoms with van der Waals surface area (Å²) in [5.41, 5.74) is 2.21. The van der Waals surface area contributed by atoms with Crippen LogP contribution in [0.5, 0.6) is 0 Å². The fourth-order valence-corrected chi connectivity index (χ4v) is 6.97. The molecule has 1 N–H and O–H groups in total. The molecule has 0 aromatic heterocycles. The van der Waals surface area contributed by atoms with Crippen LogP contribution in [0.2, 0.25) is 0 Å². The van der Waals surface area contributed by atoms with Crippen LogP contribution in [0.1, 0.15) is 112 Å². The maximum absolute atomic E-state index is 3.88. The predicted octanol–water partition coefficient (Wildman–Crippen LogP) is 7.96.